The lowest BCUT2D eigenvalue weighted by atomic mass is 9.71. The van der Waals surface area contributed by atoms with E-state index >= 15 is 0 Å². The number of amides is 2. The third kappa shape index (κ3) is 5.71. The molecule has 7 nitrogen and oxygen atoms in total. The molecule has 0 bridgehead atoms. The molecule has 1 aromatic carbocycles. The summed E-state index contributed by atoms with van der Waals surface area (Å²) in [5, 5.41) is 12.0. The lowest BCUT2D eigenvalue weighted by Gasteiger charge is -2.43. The zero-order valence-electron chi connectivity index (χ0n) is 19.1. The number of carbonyl (C=O) groups excluding carboxylic acids is 1. The molecule has 0 saturated carbocycles. The van der Waals surface area contributed by atoms with Crippen molar-refractivity contribution >= 4 is 11.7 Å². The summed E-state index contributed by atoms with van der Waals surface area (Å²) in [7, 11) is 3.27. The first kappa shape index (κ1) is 25.1. The van der Waals surface area contributed by atoms with Crippen LogP contribution in [0.2, 0.25) is 0 Å². The van der Waals surface area contributed by atoms with Crippen molar-refractivity contribution in [2.75, 3.05) is 65.1 Å². The van der Waals surface area contributed by atoms with E-state index in [2.05, 4.69) is 5.32 Å². The maximum atomic E-state index is 13.4. The summed E-state index contributed by atoms with van der Waals surface area (Å²) in [6, 6.07) is 5.40. The van der Waals surface area contributed by atoms with Gasteiger partial charge >= 0.3 is 12.2 Å². The summed E-state index contributed by atoms with van der Waals surface area (Å²) in [5.74, 6) is 0.168. The lowest BCUT2D eigenvalue weighted by molar-refractivity contribution is -0.137. The summed E-state index contributed by atoms with van der Waals surface area (Å²) in [4.78, 5) is 16.4. The number of rotatable bonds is 7. The standard InChI is InChI=1S/C23H31F3N4O3/c1-32-11-3-8-28-21(31)30-14-18(15-33-2)22(16-30)6-9-29(10-7-22)19-5-4-17(13-27)20(12-19)23(24,25)26/h4-5,12,18H,3,6-11,14-16H2,1-2H3,(H,28,31). The van der Waals surface area contributed by atoms with Gasteiger partial charge in [0, 0.05) is 65.2 Å². The van der Waals surface area contributed by atoms with Crippen molar-refractivity contribution in [2.24, 2.45) is 11.3 Å². The molecule has 1 spiro atoms. The van der Waals surface area contributed by atoms with E-state index in [1.54, 1.807) is 26.4 Å². The number of benzene rings is 1. The Kier molecular flexibility index (Phi) is 8.08. The molecule has 3 rings (SSSR count). The van der Waals surface area contributed by atoms with Crippen LogP contribution in [0.5, 0.6) is 0 Å². The van der Waals surface area contributed by atoms with Crippen LogP contribution >= 0.6 is 0 Å². The summed E-state index contributed by atoms with van der Waals surface area (Å²) in [5.41, 5.74) is -0.944. The van der Waals surface area contributed by atoms with Gasteiger partial charge in [-0.1, -0.05) is 0 Å². The summed E-state index contributed by atoms with van der Waals surface area (Å²) in [6.07, 6.45) is -2.35. The normalized spacial score (nSPS) is 20.2. The van der Waals surface area contributed by atoms with Crippen LogP contribution in [0.1, 0.15) is 30.4 Å². The molecule has 1 atom stereocenters. The predicted molar refractivity (Wildman–Crippen MR) is 117 cm³/mol. The average molecular weight is 469 g/mol. The quantitative estimate of drug-likeness (QED) is 0.620. The smallest absolute Gasteiger partial charge is 0.385 e. The highest BCUT2D eigenvalue weighted by Gasteiger charge is 2.49. The van der Waals surface area contributed by atoms with E-state index < -0.39 is 11.7 Å². The second kappa shape index (κ2) is 10.6. The number of alkyl halides is 3. The second-order valence-corrected chi connectivity index (χ2v) is 8.80. The molecule has 10 heteroatoms. The number of ether oxygens (including phenoxy) is 2. The lowest BCUT2D eigenvalue weighted by Crippen LogP contribution is -2.46. The molecule has 2 amide bonds. The van der Waals surface area contributed by atoms with Crippen LogP contribution in [-0.4, -0.2) is 71.1 Å². The number of nitriles is 1. The first-order valence-corrected chi connectivity index (χ1v) is 11.1. The third-order valence-corrected chi connectivity index (χ3v) is 6.82. The average Bonchev–Trinajstić information content (AvgIpc) is 3.14. The van der Waals surface area contributed by atoms with Gasteiger partial charge < -0.3 is 24.6 Å². The van der Waals surface area contributed by atoms with Crippen molar-refractivity contribution in [1.82, 2.24) is 10.2 Å². The number of nitrogens with zero attached hydrogens (tertiary/aromatic N) is 3. The van der Waals surface area contributed by atoms with Gasteiger partial charge in [0.1, 0.15) is 0 Å². The Morgan fingerprint density at radius 2 is 2.00 bits per heavy atom. The molecule has 0 aliphatic carbocycles. The number of methoxy groups -OCH3 is 2. The van der Waals surface area contributed by atoms with Crippen LogP contribution in [0.3, 0.4) is 0 Å². The zero-order valence-corrected chi connectivity index (χ0v) is 19.1. The van der Waals surface area contributed by atoms with Crippen LogP contribution in [-0.2, 0) is 15.7 Å². The van der Waals surface area contributed by atoms with Gasteiger partial charge in [0.25, 0.3) is 0 Å². The fraction of sp³-hybridized carbons (Fsp3) is 0.652. The van der Waals surface area contributed by atoms with Crippen molar-refractivity contribution in [3.8, 4) is 6.07 Å². The number of hydrogen-bond acceptors (Lipinski definition) is 5. The number of piperidine rings is 1. The molecule has 33 heavy (non-hydrogen) atoms. The van der Waals surface area contributed by atoms with Crippen molar-refractivity contribution in [1.29, 1.82) is 5.26 Å². The minimum absolute atomic E-state index is 0.103. The van der Waals surface area contributed by atoms with Crippen LogP contribution in [0.25, 0.3) is 0 Å². The van der Waals surface area contributed by atoms with Crippen LogP contribution in [0.4, 0.5) is 23.7 Å². The maximum absolute atomic E-state index is 13.4. The van der Waals surface area contributed by atoms with E-state index in [1.165, 1.54) is 6.07 Å². The van der Waals surface area contributed by atoms with Gasteiger partial charge in [-0.05, 0) is 42.9 Å². The number of hydrogen-bond donors (Lipinski definition) is 1. The highest BCUT2D eigenvalue weighted by atomic mass is 19.4. The van der Waals surface area contributed by atoms with E-state index in [0.717, 1.165) is 25.3 Å². The highest BCUT2D eigenvalue weighted by Crippen LogP contribution is 2.46. The molecule has 0 radical (unpaired) electrons. The largest absolute Gasteiger partial charge is 0.417 e. The summed E-state index contributed by atoms with van der Waals surface area (Å²) in [6.45, 7) is 4.00. The van der Waals surface area contributed by atoms with Crippen LogP contribution in [0, 0.1) is 22.7 Å². The van der Waals surface area contributed by atoms with E-state index in [0.29, 0.717) is 51.6 Å². The minimum atomic E-state index is -4.58. The second-order valence-electron chi connectivity index (χ2n) is 8.80. The summed E-state index contributed by atoms with van der Waals surface area (Å²) < 4.78 is 50.6. The number of urea groups is 1. The predicted octanol–water partition coefficient (Wildman–Crippen LogP) is 3.49. The van der Waals surface area contributed by atoms with Crippen molar-refractivity contribution in [3.05, 3.63) is 29.3 Å². The molecule has 2 saturated heterocycles. The molecule has 182 valence electrons. The molecule has 2 heterocycles. The molecule has 2 aliphatic rings. The van der Waals surface area contributed by atoms with Gasteiger partial charge in [-0.3, -0.25) is 0 Å². The van der Waals surface area contributed by atoms with Gasteiger partial charge in [0.05, 0.1) is 23.8 Å². The number of nitrogens with one attached hydrogen (secondary N) is 1. The van der Waals surface area contributed by atoms with E-state index in [1.807, 2.05) is 9.80 Å². The fourth-order valence-corrected chi connectivity index (χ4v) is 4.98. The molecule has 2 fully saturated rings. The first-order chi connectivity index (χ1) is 15.7. The van der Waals surface area contributed by atoms with Gasteiger partial charge in [0.15, 0.2) is 0 Å². The Morgan fingerprint density at radius 3 is 2.61 bits per heavy atom. The third-order valence-electron chi connectivity index (χ3n) is 6.82. The molecule has 1 N–H and O–H groups in total. The Morgan fingerprint density at radius 1 is 1.27 bits per heavy atom. The Hall–Kier alpha value is -2.51. The Labute approximate surface area is 192 Å². The SMILES string of the molecule is COCCCNC(=O)N1CC(COC)C2(CCN(c3ccc(C#N)c(C(F)(F)F)c3)CC2)C1. The number of carbonyl (C=O) groups is 1. The Bertz CT molecular complexity index is 863. The van der Waals surface area contributed by atoms with Gasteiger partial charge in [-0.2, -0.15) is 18.4 Å². The van der Waals surface area contributed by atoms with E-state index in [9.17, 15) is 18.0 Å². The molecular formula is C23H31F3N4O3. The first-order valence-electron chi connectivity index (χ1n) is 11.1. The molecule has 0 aromatic heterocycles. The minimum Gasteiger partial charge on any atom is -0.385 e. The monoisotopic (exact) mass is 468 g/mol. The molecule has 1 unspecified atom stereocenters. The van der Waals surface area contributed by atoms with Crippen molar-refractivity contribution in [2.45, 2.75) is 25.4 Å². The van der Waals surface area contributed by atoms with Crippen molar-refractivity contribution in [3.63, 3.8) is 0 Å². The Balaban J connectivity index is 1.68. The van der Waals surface area contributed by atoms with Gasteiger partial charge in [-0.25, -0.2) is 4.79 Å². The maximum Gasteiger partial charge on any atom is 0.417 e. The summed E-state index contributed by atoms with van der Waals surface area (Å²) >= 11 is 0. The topological polar surface area (TPSA) is 77.8 Å². The van der Waals surface area contributed by atoms with Crippen LogP contribution in [0.15, 0.2) is 18.2 Å². The molecular weight excluding hydrogens is 437 g/mol. The number of halogens is 3. The molecule has 2 aliphatic heterocycles. The van der Waals surface area contributed by atoms with Crippen molar-refractivity contribution < 1.29 is 27.4 Å². The van der Waals surface area contributed by atoms with Crippen LogP contribution < -0.4 is 10.2 Å². The zero-order chi connectivity index (χ0) is 24.1. The van der Waals surface area contributed by atoms with E-state index in [4.69, 9.17) is 14.7 Å². The highest BCUT2D eigenvalue weighted by molar-refractivity contribution is 5.74. The van der Waals surface area contributed by atoms with E-state index in [-0.39, 0.29) is 22.9 Å². The molecule has 1 aromatic rings. The van der Waals surface area contributed by atoms with Gasteiger partial charge in [0.2, 0.25) is 0 Å². The number of anilines is 1. The fourth-order valence-electron chi connectivity index (χ4n) is 4.98. The van der Waals surface area contributed by atoms with Gasteiger partial charge in [-0.15, -0.1) is 0 Å². The number of likely N-dealkylation sites (tertiary alicyclic amines) is 1.